The summed E-state index contributed by atoms with van der Waals surface area (Å²) in [7, 11) is 2.97. The zero-order valence-corrected chi connectivity index (χ0v) is 16.0. The Morgan fingerprint density at radius 3 is 2.72 bits per heavy atom. The number of ether oxygens (including phenoxy) is 2. The fraction of sp³-hybridized carbons (Fsp3) is 0.238. The molecule has 1 N–H and O–H groups in total. The Kier molecular flexibility index (Phi) is 4.75. The molecule has 1 heterocycles. The Labute approximate surface area is 167 Å². The van der Waals surface area contributed by atoms with Gasteiger partial charge >= 0.3 is 5.69 Å². The monoisotopic (exact) mass is 393 g/mol. The zero-order chi connectivity index (χ0) is 20.5. The van der Waals surface area contributed by atoms with Crippen molar-refractivity contribution in [2.45, 2.75) is 12.8 Å². The number of nitro benzene ring substituents is 1. The van der Waals surface area contributed by atoms with Gasteiger partial charge < -0.3 is 14.8 Å². The number of nitro groups is 1. The van der Waals surface area contributed by atoms with Gasteiger partial charge in [0.05, 0.1) is 42.1 Å². The first kappa shape index (κ1) is 18.7. The first-order chi connectivity index (χ1) is 14.0. The van der Waals surface area contributed by atoms with E-state index in [2.05, 4.69) is 5.32 Å². The number of hydrogen-bond acceptors (Lipinski definition) is 6. The smallest absolute Gasteiger partial charge is 0.310 e. The Bertz CT molecular complexity index is 1070. The maximum Gasteiger partial charge on any atom is 0.310 e. The molecule has 0 fully saturated rings. The molecular formula is C21H19N3O5. The van der Waals surface area contributed by atoms with Gasteiger partial charge in [-0.25, -0.2) is 0 Å². The van der Waals surface area contributed by atoms with Crippen molar-refractivity contribution >= 4 is 34.3 Å². The third kappa shape index (κ3) is 3.44. The highest BCUT2D eigenvalue weighted by atomic mass is 16.6. The van der Waals surface area contributed by atoms with Gasteiger partial charge in [0.2, 0.25) is 5.91 Å². The summed E-state index contributed by atoms with van der Waals surface area (Å²) < 4.78 is 10.4. The molecule has 2 aromatic rings. The molecule has 8 heteroatoms. The summed E-state index contributed by atoms with van der Waals surface area (Å²) >= 11 is 0. The van der Waals surface area contributed by atoms with Gasteiger partial charge in [0.25, 0.3) is 0 Å². The van der Waals surface area contributed by atoms with Crippen LogP contribution in [0, 0.1) is 16.0 Å². The maximum atomic E-state index is 12.7. The minimum Gasteiger partial charge on any atom is -0.497 e. The lowest BCUT2D eigenvalue weighted by atomic mass is 9.84. The number of carbonyl (C=O) groups excluding carboxylic acids is 1. The van der Waals surface area contributed by atoms with Crippen molar-refractivity contribution in [3.05, 3.63) is 58.2 Å². The number of allylic oxidation sites excluding steroid dienone is 2. The van der Waals surface area contributed by atoms with Crippen LogP contribution in [0.1, 0.15) is 18.4 Å². The average molecular weight is 393 g/mol. The summed E-state index contributed by atoms with van der Waals surface area (Å²) in [5.41, 5.74) is 3.63. The van der Waals surface area contributed by atoms with Crippen molar-refractivity contribution in [3.63, 3.8) is 0 Å². The van der Waals surface area contributed by atoms with Crippen LogP contribution in [-0.4, -0.2) is 30.8 Å². The minimum atomic E-state index is -0.473. The van der Waals surface area contributed by atoms with Crippen molar-refractivity contribution in [2.75, 3.05) is 19.5 Å². The zero-order valence-electron chi connectivity index (χ0n) is 16.0. The number of carbonyl (C=O) groups is 1. The number of aliphatic imine (C=N–C) groups is 1. The molecule has 0 bridgehead atoms. The fourth-order valence-corrected chi connectivity index (χ4v) is 3.63. The van der Waals surface area contributed by atoms with Crippen molar-refractivity contribution in [1.29, 1.82) is 0 Å². The summed E-state index contributed by atoms with van der Waals surface area (Å²) in [5, 5.41) is 14.1. The molecule has 0 saturated carbocycles. The number of methoxy groups -OCH3 is 2. The third-order valence-electron chi connectivity index (χ3n) is 5.16. The van der Waals surface area contributed by atoms with E-state index in [-0.39, 0.29) is 23.3 Å². The van der Waals surface area contributed by atoms with E-state index in [9.17, 15) is 14.9 Å². The Morgan fingerprint density at radius 2 is 2.00 bits per heavy atom. The lowest BCUT2D eigenvalue weighted by molar-refractivity contribution is -0.385. The molecule has 2 aliphatic rings. The molecule has 8 nitrogen and oxygen atoms in total. The molecule has 1 amide bonds. The predicted molar refractivity (Wildman–Crippen MR) is 109 cm³/mol. The van der Waals surface area contributed by atoms with Crippen molar-refractivity contribution in [3.8, 4) is 11.5 Å². The first-order valence-electron chi connectivity index (χ1n) is 9.11. The van der Waals surface area contributed by atoms with Crippen molar-refractivity contribution in [1.82, 2.24) is 0 Å². The van der Waals surface area contributed by atoms with Gasteiger partial charge in [0.1, 0.15) is 5.75 Å². The number of hydrogen-bond donors (Lipinski definition) is 1. The van der Waals surface area contributed by atoms with Gasteiger partial charge in [0, 0.05) is 12.1 Å². The van der Waals surface area contributed by atoms with Crippen molar-refractivity contribution < 1.29 is 19.2 Å². The second-order valence-corrected chi connectivity index (χ2v) is 6.81. The van der Waals surface area contributed by atoms with Crippen LogP contribution in [0.3, 0.4) is 0 Å². The van der Waals surface area contributed by atoms with Gasteiger partial charge in [-0.1, -0.05) is 0 Å². The van der Waals surface area contributed by atoms with E-state index in [0.29, 0.717) is 35.7 Å². The van der Waals surface area contributed by atoms with Crippen LogP contribution in [0.5, 0.6) is 11.5 Å². The van der Waals surface area contributed by atoms with E-state index in [1.807, 2.05) is 6.08 Å². The Balaban J connectivity index is 1.75. The normalized spacial score (nSPS) is 17.7. The molecule has 1 aliphatic heterocycles. The molecule has 1 unspecified atom stereocenters. The SMILES string of the molecule is COc1ccc2c(c1)NC(=O)C1CCC(c3ccc([N+](=O)[O-])c(OC)c3)=CC1=N2. The highest BCUT2D eigenvalue weighted by Crippen LogP contribution is 2.38. The molecule has 1 aliphatic carbocycles. The first-order valence-corrected chi connectivity index (χ1v) is 9.11. The van der Waals surface area contributed by atoms with Gasteiger partial charge in [-0.05, 0) is 54.3 Å². The summed E-state index contributed by atoms with van der Waals surface area (Å²) in [5.74, 6) is 0.390. The summed E-state index contributed by atoms with van der Waals surface area (Å²) in [6.45, 7) is 0. The fourth-order valence-electron chi connectivity index (χ4n) is 3.63. The largest absolute Gasteiger partial charge is 0.497 e. The maximum absolute atomic E-state index is 12.7. The standard InChI is InChI=1S/C21H19N3O5/c1-28-14-5-7-16-18(11-14)23-21(25)15-6-3-12(9-17(15)22-16)13-4-8-19(24(26)27)20(10-13)29-2/h4-5,7-11,15H,3,6H2,1-2H3,(H,23,25). The number of nitrogens with one attached hydrogen (secondary N) is 1. The van der Waals surface area contributed by atoms with E-state index >= 15 is 0 Å². The van der Waals surface area contributed by atoms with Crippen LogP contribution in [0.2, 0.25) is 0 Å². The molecular weight excluding hydrogens is 374 g/mol. The van der Waals surface area contributed by atoms with E-state index < -0.39 is 4.92 Å². The average Bonchev–Trinajstić information content (AvgIpc) is 2.87. The second kappa shape index (κ2) is 7.38. The van der Waals surface area contributed by atoms with Crippen molar-refractivity contribution in [2.24, 2.45) is 10.9 Å². The summed E-state index contributed by atoms with van der Waals surface area (Å²) in [4.78, 5) is 28.1. The van der Waals surface area contributed by atoms with Crippen LogP contribution in [-0.2, 0) is 4.79 Å². The number of anilines is 1. The molecule has 2 aromatic carbocycles. The number of fused-ring (bicyclic) bond motifs is 2. The number of benzene rings is 2. The Hall–Kier alpha value is -3.68. The van der Waals surface area contributed by atoms with Gasteiger partial charge in [-0.15, -0.1) is 0 Å². The molecule has 0 saturated heterocycles. The second-order valence-electron chi connectivity index (χ2n) is 6.81. The quantitative estimate of drug-likeness (QED) is 0.621. The van der Waals surface area contributed by atoms with Crippen LogP contribution < -0.4 is 14.8 Å². The van der Waals surface area contributed by atoms with E-state index in [1.165, 1.54) is 13.2 Å². The van der Waals surface area contributed by atoms with Crippen LogP contribution in [0.4, 0.5) is 17.1 Å². The van der Waals surface area contributed by atoms with Crippen LogP contribution >= 0.6 is 0 Å². The highest BCUT2D eigenvalue weighted by molar-refractivity contribution is 6.19. The topological polar surface area (TPSA) is 103 Å². The Morgan fingerprint density at radius 1 is 1.17 bits per heavy atom. The lowest BCUT2D eigenvalue weighted by Crippen LogP contribution is -2.29. The molecule has 0 aromatic heterocycles. The number of nitrogens with zero attached hydrogens (tertiary/aromatic N) is 2. The van der Waals surface area contributed by atoms with Crippen LogP contribution in [0.15, 0.2) is 47.5 Å². The molecule has 4 rings (SSSR count). The molecule has 1 atom stereocenters. The third-order valence-corrected chi connectivity index (χ3v) is 5.16. The predicted octanol–water partition coefficient (Wildman–Crippen LogP) is 4.13. The van der Waals surface area contributed by atoms with Crippen LogP contribution in [0.25, 0.3) is 5.57 Å². The van der Waals surface area contributed by atoms with E-state index in [0.717, 1.165) is 11.1 Å². The lowest BCUT2D eigenvalue weighted by Gasteiger charge is -2.22. The van der Waals surface area contributed by atoms with E-state index in [4.69, 9.17) is 14.5 Å². The number of amides is 1. The molecule has 0 radical (unpaired) electrons. The minimum absolute atomic E-state index is 0.0837. The highest BCUT2D eigenvalue weighted by Gasteiger charge is 2.31. The summed E-state index contributed by atoms with van der Waals surface area (Å²) in [6.07, 6.45) is 3.15. The molecule has 148 valence electrons. The summed E-state index contributed by atoms with van der Waals surface area (Å²) in [6, 6.07) is 10.1. The van der Waals surface area contributed by atoms with Gasteiger partial charge in [0.15, 0.2) is 5.75 Å². The number of rotatable bonds is 4. The van der Waals surface area contributed by atoms with Gasteiger partial charge in [-0.3, -0.25) is 19.9 Å². The van der Waals surface area contributed by atoms with Gasteiger partial charge in [-0.2, -0.15) is 0 Å². The molecule has 29 heavy (non-hydrogen) atoms. The van der Waals surface area contributed by atoms with E-state index in [1.54, 1.807) is 37.4 Å². The molecule has 0 spiro atoms.